The molecule has 0 spiro atoms. The smallest absolute Gasteiger partial charge is 0.139 e. The lowest BCUT2D eigenvalue weighted by Gasteiger charge is -2.26. The summed E-state index contributed by atoms with van der Waals surface area (Å²) in [7, 11) is 2.11. The van der Waals surface area contributed by atoms with Gasteiger partial charge in [-0.05, 0) is 38.8 Å². The van der Waals surface area contributed by atoms with Gasteiger partial charge in [0.2, 0.25) is 0 Å². The molecule has 3 N–H and O–H groups in total. The first-order valence-electron chi connectivity index (χ1n) is 5.95. The number of nitrogens with two attached hydrogens (primary N) is 1. The van der Waals surface area contributed by atoms with Crippen molar-refractivity contribution in [3.63, 3.8) is 0 Å². The van der Waals surface area contributed by atoms with E-state index in [9.17, 15) is 0 Å². The van der Waals surface area contributed by atoms with Gasteiger partial charge in [-0.25, -0.2) is 0 Å². The number of nitrogens with zero attached hydrogens (tertiary/aromatic N) is 2. The highest BCUT2D eigenvalue weighted by Crippen LogP contribution is 2.14. The average Bonchev–Trinajstić information content (AvgIpc) is 2.30. The van der Waals surface area contributed by atoms with Crippen LogP contribution in [-0.2, 0) is 4.74 Å². The number of oxime groups is 1. The Bertz CT molecular complexity index is 215. The Morgan fingerprint density at radius 3 is 3.06 bits per heavy atom. The van der Waals surface area contributed by atoms with Gasteiger partial charge in [0, 0.05) is 19.6 Å². The van der Waals surface area contributed by atoms with E-state index in [0.717, 1.165) is 32.7 Å². The monoisotopic (exact) mass is 229 g/mol. The van der Waals surface area contributed by atoms with Crippen LogP contribution in [0.15, 0.2) is 5.16 Å². The van der Waals surface area contributed by atoms with E-state index in [1.54, 1.807) is 0 Å². The zero-order valence-corrected chi connectivity index (χ0v) is 10.1. The van der Waals surface area contributed by atoms with E-state index in [-0.39, 0.29) is 0 Å². The Kier molecular flexibility index (Phi) is 6.18. The van der Waals surface area contributed by atoms with Crippen LogP contribution in [-0.4, -0.2) is 49.3 Å². The Balaban J connectivity index is 2.07. The molecule has 1 atom stereocenters. The van der Waals surface area contributed by atoms with E-state index in [0.29, 0.717) is 18.2 Å². The maximum atomic E-state index is 8.39. The lowest BCUT2D eigenvalue weighted by Crippen LogP contribution is -2.31. The molecular weight excluding hydrogens is 206 g/mol. The van der Waals surface area contributed by atoms with Gasteiger partial charge in [0.05, 0.1) is 6.61 Å². The fourth-order valence-corrected chi connectivity index (χ4v) is 2.06. The molecule has 0 amide bonds. The molecule has 1 unspecified atom stereocenters. The molecule has 1 aliphatic heterocycles. The molecule has 0 bridgehead atoms. The summed E-state index contributed by atoms with van der Waals surface area (Å²) in [6, 6.07) is 0. The van der Waals surface area contributed by atoms with Gasteiger partial charge < -0.3 is 20.6 Å². The fourth-order valence-electron chi connectivity index (χ4n) is 2.06. The first-order valence-corrected chi connectivity index (χ1v) is 5.95. The third-order valence-electron chi connectivity index (χ3n) is 2.93. The topological polar surface area (TPSA) is 71.1 Å². The van der Waals surface area contributed by atoms with Gasteiger partial charge in [-0.3, -0.25) is 0 Å². The van der Waals surface area contributed by atoms with Crippen molar-refractivity contribution in [3.8, 4) is 0 Å². The van der Waals surface area contributed by atoms with Gasteiger partial charge in [0.1, 0.15) is 5.84 Å². The molecule has 1 saturated heterocycles. The number of amidine groups is 1. The second-order valence-corrected chi connectivity index (χ2v) is 4.54. The summed E-state index contributed by atoms with van der Waals surface area (Å²) in [6.45, 7) is 3.87. The highest BCUT2D eigenvalue weighted by Gasteiger charge is 2.15. The van der Waals surface area contributed by atoms with Crippen LogP contribution in [0.1, 0.15) is 25.7 Å². The Morgan fingerprint density at radius 2 is 2.44 bits per heavy atom. The summed E-state index contributed by atoms with van der Waals surface area (Å²) in [5, 5.41) is 11.4. The third-order valence-corrected chi connectivity index (χ3v) is 2.93. The van der Waals surface area contributed by atoms with Crippen molar-refractivity contribution in [2.45, 2.75) is 25.7 Å². The number of ether oxygens (including phenoxy) is 1. The van der Waals surface area contributed by atoms with Crippen LogP contribution in [0.5, 0.6) is 0 Å². The van der Waals surface area contributed by atoms with E-state index in [1.165, 1.54) is 12.8 Å². The van der Waals surface area contributed by atoms with Crippen LogP contribution in [0.3, 0.4) is 0 Å². The van der Waals surface area contributed by atoms with Crippen LogP contribution >= 0.6 is 0 Å². The van der Waals surface area contributed by atoms with Crippen molar-refractivity contribution < 1.29 is 9.94 Å². The number of hydrogen-bond donors (Lipinski definition) is 2. The molecule has 1 heterocycles. The standard InChI is InChI=1S/C11H23N3O2/c1-14(6-2-5-11(12)13-15)8-10-4-3-7-16-9-10/h10,15H,2-9H2,1H3,(H2,12,13). The molecule has 0 aliphatic carbocycles. The maximum absolute atomic E-state index is 8.39. The minimum absolute atomic E-state index is 0.314. The second kappa shape index (κ2) is 7.46. The van der Waals surface area contributed by atoms with Crippen LogP contribution in [0.4, 0.5) is 0 Å². The summed E-state index contributed by atoms with van der Waals surface area (Å²) in [5.41, 5.74) is 5.40. The molecule has 1 aliphatic rings. The van der Waals surface area contributed by atoms with Crippen molar-refractivity contribution >= 4 is 5.84 Å². The molecule has 5 nitrogen and oxygen atoms in total. The summed E-state index contributed by atoms with van der Waals surface area (Å²) >= 11 is 0. The summed E-state index contributed by atoms with van der Waals surface area (Å²) in [4.78, 5) is 2.30. The average molecular weight is 229 g/mol. The van der Waals surface area contributed by atoms with E-state index in [1.807, 2.05) is 0 Å². The zero-order valence-electron chi connectivity index (χ0n) is 10.1. The largest absolute Gasteiger partial charge is 0.409 e. The predicted molar refractivity (Wildman–Crippen MR) is 63.7 cm³/mol. The molecule has 0 aromatic rings. The van der Waals surface area contributed by atoms with E-state index in [2.05, 4.69) is 17.1 Å². The molecule has 16 heavy (non-hydrogen) atoms. The van der Waals surface area contributed by atoms with E-state index >= 15 is 0 Å². The minimum Gasteiger partial charge on any atom is -0.409 e. The molecule has 1 fully saturated rings. The summed E-state index contributed by atoms with van der Waals surface area (Å²) in [5.74, 6) is 0.983. The van der Waals surface area contributed by atoms with E-state index < -0.39 is 0 Å². The van der Waals surface area contributed by atoms with Crippen LogP contribution < -0.4 is 5.73 Å². The second-order valence-electron chi connectivity index (χ2n) is 4.54. The molecule has 5 heteroatoms. The van der Waals surface area contributed by atoms with Crippen LogP contribution in [0, 0.1) is 5.92 Å². The molecule has 94 valence electrons. The van der Waals surface area contributed by atoms with Gasteiger partial charge in [-0.1, -0.05) is 5.16 Å². The highest BCUT2D eigenvalue weighted by molar-refractivity contribution is 5.79. The molecule has 0 radical (unpaired) electrons. The number of rotatable bonds is 6. The van der Waals surface area contributed by atoms with Crippen molar-refractivity contribution in [2.75, 3.05) is 33.4 Å². The van der Waals surface area contributed by atoms with Crippen molar-refractivity contribution in [3.05, 3.63) is 0 Å². The molecule has 0 aromatic carbocycles. The first kappa shape index (κ1) is 13.3. The van der Waals surface area contributed by atoms with Gasteiger partial charge in [-0.15, -0.1) is 0 Å². The van der Waals surface area contributed by atoms with Crippen LogP contribution in [0.25, 0.3) is 0 Å². The third kappa shape index (κ3) is 5.32. The Hall–Kier alpha value is -0.810. The maximum Gasteiger partial charge on any atom is 0.139 e. The van der Waals surface area contributed by atoms with Crippen molar-refractivity contribution in [1.29, 1.82) is 0 Å². The molecule has 0 aromatic heterocycles. The Labute approximate surface area is 97.2 Å². The summed E-state index contributed by atoms with van der Waals surface area (Å²) in [6.07, 6.45) is 4.04. The van der Waals surface area contributed by atoms with Crippen molar-refractivity contribution in [1.82, 2.24) is 4.90 Å². The van der Waals surface area contributed by atoms with Crippen LogP contribution in [0.2, 0.25) is 0 Å². The lowest BCUT2D eigenvalue weighted by molar-refractivity contribution is 0.0420. The van der Waals surface area contributed by atoms with E-state index in [4.69, 9.17) is 15.7 Å². The molecular formula is C11H23N3O2. The molecule has 1 rings (SSSR count). The first-order chi connectivity index (χ1) is 7.72. The molecule has 0 saturated carbocycles. The highest BCUT2D eigenvalue weighted by atomic mass is 16.5. The Morgan fingerprint density at radius 1 is 1.62 bits per heavy atom. The normalized spacial score (nSPS) is 22.6. The fraction of sp³-hybridized carbons (Fsp3) is 0.909. The minimum atomic E-state index is 0.314. The SMILES string of the molecule is CN(CCCC(N)=NO)CC1CCCOC1. The summed E-state index contributed by atoms with van der Waals surface area (Å²) < 4.78 is 5.44. The van der Waals surface area contributed by atoms with Gasteiger partial charge in [0.25, 0.3) is 0 Å². The number of hydrogen-bond acceptors (Lipinski definition) is 4. The van der Waals surface area contributed by atoms with Crippen molar-refractivity contribution in [2.24, 2.45) is 16.8 Å². The van der Waals surface area contributed by atoms with Gasteiger partial charge in [0.15, 0.2) is 0 Å². The lowest BCUT2D eigenvalue weighted by atomic mass is 10.0. The quantitative estimate of drug-likeness (QED) is 0.307. The zero-order chi connectivity index (χ0) is 11.8. The predicted octanol–water partition coefficient (Wildman–Crippen LogP) is 0.871. The van der Waals surface area contributed by atoms with Gasteiger partial charge in [-0.2, -0.15) is 0 Å². The van der Waals surface area contributed by atoms with Gasteiger partial charge >= 0.3 is 0 Å².